The summed E-state index contributed by atoms with van der Waals surface area (Å²) < 4.78 is 13.1. The molecule has 2 rings (SSSR count). The summed E-state index contributed by atoms with van der Waals surface area (Å²) in [5.74, 6) is 0.0763. The maximum Gasteiger partial charge on any atom is 0.184 e. The van der Waals surface area contributed by atoms with Gasteiger partial charge in [-0.3, -0.25) is 9.48 Å². The number of halogens is 1. The van der Waals surface area contributed by atoms with Gasteiger partial charge in [0.1, 0.15) is 5.69 Å². The lowest BCUT2D eigenvalue weighted by atomic mass is 10.0. The van der Waals surface area contributed by atoms with Crippen LogP contribution < -0.4 is 0 Å². The Morgan fingerprint density at radius 2 is 2.47 bits per heavy atom. The van der Waals surface area contributed by atoms with Crippen LogP contribution in [0.25, 0.3) is 0 Å². The first-order chi connectivity index (χ1) is 9.22. The maximum absolute atomic E-state index is 12.4. The number of ether oxygens (including phenoxy) is 2. The van der Waals surface area contributed by atoms with Crippen molar-refractivity contribution in [1.29, 1.82) is 0 Å². The molecule has 1 saturated heterocycles. The number of carbonyl (C=O) groups is 1. The zero-order valence-electron chi connectivity index (χ0n) is 11.1. The summed E-state index contributed by atoms with van der Waals surface area (Å²) in [5.41, 5.74) is 0.617. The number of hydrogen-bond acceptors (Lipinski definition) is 4. The number of nitrogens with zero attached hydrogens (tertiary/aromatic N) is 2. The Morgan fingerprint density at radius 1 is 1.63 bits per heavy atom. The van der Waals surface area contributed by atoms with Gasteiger partial charge in [0.15, 0.2) is 5.78 Å². The summed E-state index contributed by atoms with van der Waals surface area (Å²) in [5, 5.41) is 4.20. The highest BCUT2D eigenvalue weighted by atomic mass is 79.9. The predicted molar refractivity (Wildman–Crippen MR) is 74.3 cm³/mol. The number of methoxy groups -OCH3 is 1. The monoisotopic (exact) mass is 330 g/mol. The van der Waals surface area contributed by atoms with E-state index in [1.807, 2.05) is 0 Å². The quantitative estimate of drug-likeness (QED) is 0.752. The number of Topliss-reactive ketones (excluding diaryl/α,β-unsaturated/α-hetero) is 1. The first-order valence-electron chi connectivity index (χ1n) is 6.57. The van der Waals surface area contributed by atoms with E-state index in [9.17, 15) is 4.79 Å². The summed E-state index contributed by atoms with van der Waals surface area (Å²) in [6, 6.07) is 0. The standard InChI is InChI=1S/C13H19BrN2O3/c1-18-7-5-16-13(11(14)9-15-16)12(17)8-10-4-2-3-6-19-10/h9-10H,2-8H2,1H3. The van der Waals surface area contributed by atoms with Crippen molar-refractivity contribution in [3.8, 4) is 0 Å². The fourth-order valence-corrected chi connectivity index (χ4v) is 2.78. The molecule has 0 aliphatic carbocycles. The Bertz CT molecular complexity index is 428. The van der Waals surface area contributed by atoms with Crippen molar-refractivity contribution < 1.29 is 14.3 Å². The van der Waals surface area contributed by atoms with Gasteiger partial charge in [-0.15, -0.1) is 0 Å². The molecule has 0 bridgehead atoms. The van der Waals surface area contributed by atoms with Gasteiger partial charge in [-0.1, -0.05) is 0 Å². The number of hydrogen-bond donors (Lipinski definition) is 0. The second kappa shape index (κ2) is 7.17. The van der Waals surface area contributed by atoms with E-state index in [0.29, 0.717) is 25.3 Å². The molecule has 19 heavy (non-hydrogen) atoms. The summed E-state index contributed by atoms with van der Waals surface area (Å²) in [7, 11) is 1.63. The molecular weight excluding hydrogens is 312 g/mol. The second-order valence-electron chi connectivity index (χ2n) is 4.67. The predicted octanol–water partition coefficient (Wildman–Crippen LogP) is 2.43. The highest BCUT2D eigenvalue weighted by Crippen LogP contribution is 2.22. The molecule has 0 amide bonds. The third-order valence-electron chi connectivity index (χ3n) is 3.25. The molecule has 5 nitrogen and oxygen atoms in total. The molecule has 1 unspecified atom stereocenters. The molecule has 1 aliphatic heterocycles. The molecule has 2 heterocycles. The SMILES string of the molecule is COCCn1ncc(Br)c1C(=O)CC1CCCCO1. The maximum atomic E-state index is 12.4. The van der Waals surface area contributed by atoms with E-state index in [1.165, 1.54) is 0 Å². The van der Waals surface area contributed by atoms with Gasteiger partial charge in [0.25, 0.3) is 0 Å². The smallest absolute Gasteiger partial charge is 0.184 e. The van der Waals surface area contributed by atoms with E-state index in [4.69, 9.17) is 9.47 Å². The molecule has 6 heteroatoms. The third kappa shape index (κ3) is 3.87. The van der Waals surface area contributed by atoms with Crippen molar-refractivity contribution in [2.45, 2.75) is 38.3 Å². The van der Waals surface area contributed by atoms with Crippen molar-refractivity contribution in [2.75, 3.05) is 20.3 Å². The van der Waals surface area contributed by atoms with Crippen LogP contribution in [-0.4, -0.2) is 42.0 Å². The van der Waals surface area contributed by atoms with Crippen LogP contribution in [0.4, 0.5) is 0 Å². The van der Waals surface area contributed by atoms with Gasteiger partial charge in [-0.05, 0) is 35.2 Å². The second-order valence-corrected chi connectivity index (χ2v) is 5.53. The van der Waals surface area contributed by atoms with Gasteiger partial charge in [0.05, 0.1) is 29.9 Å². The van der Waals surface area contributed by atoms with E-state index in [2.05, 4.69) is 21.0 Å². The Labute approximate surface area is 121 Å². The van der Waals surface area contributed by atoms with Gasteiger partial charge in [-0.25, -0.2) is 0 Å². The Kier molecular flexibility index (Phi) is 5.54. The Morgan fingerprint density at radius 3 is 3.16 bits per heavy atom. The number of rotatable bonds is 6. The van der Waals surface area contributed by atoms with Crippen LogP contribution in [0, 0.1) is 0 Å². The molecule has 0 aromatic carbocycles. The molecule has 106 valence electrons. The highest BCUT2D eigenvalue weighted by Gasteiger charge is 2.23. The van der Waals surface area contributed by atoms with E-state index < -0.39 is 0 Å². The van der Waals surface area contributed by atoms with Gasteiger partial charge in [0.2, 0.25) is 0 Å². The van der Waals surface area contributed by atoms with Gasteiger partial charge in [0, 0.05) is 20.1 Å². The Balaban J connectivity index is 2.02. The molecule has 1 aromatic rings. The molecule has 1 aliphatic rings. The van der Waals surface area contributed by atoms with Crippen molar-refractivity contribution >= 4 is 21.7 Å². The average Bonchev–Trinajstić information content (AvgIpc) is 2.78. The minimum absolute atomic E-state index is 0.0546. The lowest BCUT2D eigenvalue weighted by Gasteiger charge is -2.22. The van der Waals surface area contributed by atoms with E-state index >= 15 is 0 Å². The third-order valence-corrected chi connectivity index (χ3v) is 3.83. The topological polar surface area (TPSA) is 53.4 Å². The summed E-state index contributed by atoms with van der Waals surface area (Å²) >= 11 is 3.39. The number of aromatic nitrogens is 2. The zero-order valence-corrected chi connectivity index (χ0v) is 12.7. The zero-order chi connectivity index (χ0) is 13.7. The van der Waals surface area contributed by atoms with E-state index in [1.54, 1.807) is 18.0 Å². The van der Waals surface area contributed by atoms with E-state index in [0.717, 1.165) is 30.3 Å². The van der Waals surface area contributed by atoms with Crippen LogP contribution in [0.3, 0.4) is 0 Å². The van der Waals surface area contributed by atoms with Gasteiger partial charge >= 0.3 is 0 Å². The minimum atomic E-state index is 0.0546. The van der Waals surface area contributed by atoms with Crippen LogP contribution in [0.1, 0.15) is 36.2 Å². The van der Waals surface area contributed by atoms with Crippen LogP contribution >= 0.6 is 15.9 Å². The molecule has 0 N–H and O–H groups in total. The fraction of sp³-hybridized carbons (Fsp3) is 0.692. The molecule has 0 spiro atoms. The highest BCUT2D eigenvalue weighted by molar-refractivity contribution is 9.10. The van der Waals surface area contributed by atoms with Crippen molar-refractivity contribution in [3.63, 3.8) is 0 Å². The van der Waals surface area contributed by atoms with Gasteiger partial charge in [-0.2, -0.15) is 5.10 Å². The molecule has 1 aromatic heterocycles. The molecular formula is C13H19BrN2O3. The van der Waals surface area contributed by atoms with Crippen LogP contribution in [0.5, 0.6) is 0 Å². The van der Waals surface area contributed by atoms with Crippen LogP contribution in [-0.2, 0) is 16.0 Å². The van der Waals surface area contributed by atoms with E-state index in [-0.39, 0.29) is 11.9 Å². The number of carbonyl (C=O) groups excluding carboxylic acids is 1. The number of ketones is 1. The lowest BCUT2D eigenvalue weighted by molar-refractivity contribution is 0.0126. The Hall–Kier alpha value is -0.720. The largest absolute Gasteiger partial charge is 0.383 e. The first kappa shape index (κ1) is 14.7. The summed E-state index contributed by atoms with van der Waals surface area (Å²) in [6.07, 6.45) is 5.35. The fourth-order valence-electron chi connectivity index (χ4n) is 2.26. The lowest BCUT2D eigenvalue weighted by Crippen LogP contribution is -2.24. The first-order valence-corrected chi connectivity index (χ1v) is 7.36. The summed E-state index contributed by atoms with van der Waals surface area (Å²) in [4.78, 5) is 12.4. The minimum Gasteiger partial charge on any atom is -0.383 e. The van der Waals surface area contributed by atoms with Crippen molar-refractivity contribution in [1.82, 2.24) is 9.78 Å². The van der Waals surface area contributed by atoms with Crippen molar-refractivity contribution in [2.24, 2.45) is 0 Å². The van der Waals surface area contributed by atoms with Gasteiger partial charge < -0.3 is 9.47 Å². The molecule has 1 fully saturated rings. The summed E-state index contributed by atoms with van der Waals surface area (Å²) in [6.45, 7) is 1.88. The normalized spacial score (nSPS) is 19.6. The van der Waals surface area contributed by atoms with Crippen molar-refractivity contribution in [3.05, 3.63) is 16.4 Å². The van der Waals surface area contributed by atoms with Crippen LogP contribution in [0.2, 0.25) is 0 Å². The van der Waals surface area contributed by atoms with Crippen LogP contribution in [0.15, 0.2) is 10.7 Å². The molecule has 1 atom stereocenters. The molecule has 0 saturated carbocycles. The average molecular weight is 331 g/mol. The molecule has 0 radical (unpaired) electrons.